The number of fused-ring (bicyclic) bond motifs is 1. The monoisotopic (exact) mass is 368 g/mol. The highest BCUT2D eigenvalue weighted by atomic mass is 32.2. The summed E-state index contributed by atoms with van der Waals surface area (Å²) in [5, 5.41) is 4.02. The largest absolute Gasteiger partial charge is 0.473 e. The van der Waals surface area contributed by atoms with E-state index in [9.17, 15) is 12.8 Å². The number of halogens is 1. The molecule has 0 fully saturated rings. The summed E-state index contributed by atoms with van der Waals surface area (Å²) in [6.07, 6.45) is 3.00. The highest BCUT2D eigenvalue weighted by Gasteiger charge is 2.29. The maximum absolute atomic E-state index is 12.7. The molecule has 0 aromatic carbocycles. The highest BCUT2D eigenvalue weighted by molar-refractivity contribution is 7.89. The Kier molecular flexibility index (Phi) is 5.06. The second kappa shape index (κ2) is 7.25. The van der Waals surface area contributed by atoms with E-state index in [0.29, 0.717) is 25.2 Å². The molecule has 0 saturated carbocycles. The minimum absolute atomic E-state index is 0.0303. The van der Waals surface area contributed by atoms with Crippen molar-refractivity contribution in [3.8, 4) is 5.88 Å². The molecule has 25 heavy (non-hydrogen) atoms. The minimum Gasteiger partial charge on any atom is -0.473 e. The zero-order chi connectivity index (χ0) is 17.9. The number of hydrogen-bond acceptors (Lipinski definition) is 7. The second-order valence-corrected chi connectivity index (χ2v) is 7.27. The van der Waals surface area contributed by atoms with Crippen molar-refractivity contribution >= 4 is 10.0 Å². The van der Waals surface area contributed by atoms with E-state index >= 15 is 0 Å². The average Bonchev–Trinajstić information content (AvgIpc) is 3.10. The van der Waals surface area contributed by atoms with Gasteiger partial charge >= 0.3 is 0 Å². The lowest BCUT2D eigenvalue weighted by atomic mass is 10.3. The fraction of sp³-hybridized carbons (Fsp3) is 0.357. The Morgan fingerprint density at radius 3 is 2.88 bits per heavy atom. The number of hydrogen-bond donors (Lipinski definition) is 1. The normalized spacial score (nSPS) is 15.8. The summed E-state index contributed by atoms with van der Waals surface area (Å²) in [4.78, 5) is 8.06. The van der Waals surface area contributed by atoms with Crippen LogP contribution in [0.3, 0.4) is 0 Å². The smallest absolute Gasteiger partial charge is 0.245 e. The quantitative estimate of drug-likeness (QED) is 0.767. The molecule has 1 aliphatic heterocycles. The fourth-order valence-corrected chi connectivity index (χ4v) is 3.63. The Morgan fingerprint density at radius 1 is 1.36 bits per heavy atom. The Bertz CT molecular complexity index is 865. The Balaban J connectivity index is 1.71. The average molecular weight is 368 g/mol. The topological polar surface area (TPSA) is 116 Å². The van der Waals surface area contributed by atoms with Crippen molar-refractivity contribution < 1.29 is 17.5 Å². The van der Waals surface area contributed by atoms with E-state index in [4.69, 9.17) is 10.5 Å². The molecular weight excluding hydrogens is 351 g/mol. The van der Waals surface area contributed by atoms with Crippen LogP contribution in [-0.2, 0) is 23.1 Å². The van der Waals surface area contributed by atoms with Crippen molar-refractivity contribution in [2.75, 3.05) is 19.7 Å². The molecule has 2 N–H and O–H groups in total. The SMILES string of the molecule is NC/C(=C/F)COc1ccc(S(=O)(=O)N2CCn3ncnc3C2)cn1. The number of sulfonamides is 1. The van der Waals surface area contributed by atoms with Crippen LogP contribution in [0.1, 0.15) is 5.82 Å². The van der Waals surface area contributed by atoms with Crippen LogP contribution in [-0.4, -0.2) is 52.2 Å². The van der Waals surface area contributed by atoms with Gasteiger partial charge in [-0.1, -0.05) is 0 Å². The van der Waals surface area contributed by atoms with Crippen molar-refractivity contribution in [1.82, 2.24) is 24.1 Å². The predicted molar refractivity (Wildman–Crippen MR) is 85.6 cm³/mol. The summed E-state index contributed by atoms with van der Waals surface area (Å²) in [5.41, 5.74) is 5.61. The number of nitrogens with two attached hydrogens (primary N) is 1. The first-order valence-electron chi connectivity index (χ1n) is 7.48. The summed E-state index contributed by atoms with van der Waals surface area (Å²) in [6.45, 7) is 0.886. The number of nitrogens with zero attached hydrogens (tertiary/aromatic N) is 5. The molecule has 0 bridgehead atoms. The summed E-state index contributed by atoms with van der Waals surface area (Å²) < 4.78 is 46.1. The van der Waals surface area contributed by atoms with E-state index in [2.05, 4.69) is 15.1 Å². The third kappa shape index (κ3) is 3.67. The van der Waals surface area contributed by atoms with Gasteiger partial charge in [0.2, 0.25) is 15.9 Å². The lowest BCUT2D eigenvalue weighted by molar-refractivity contribution is 0.320. The van der Waals surface area contributed by atoms with Crippen molar-refractivity contribution in [2.24, 2.45) is 5.73 Å². The first kappa shape index (κ1) is 17.5. The molecule has 1 aliphatic rings. The van der Waals surface area contributed by atoms with E-state index < -0.39 is 10.0 Å². The van der Waals surface area contributed by atoms with Gasteiger partial charge in [0.1, 0.15) is 23.7 Å². The summed E-state index contributed by atoms with van der Waals surface area (Å²) in [7, 11) is -3.70. The minimum atomic E-state index is -3.70. The fourth-order valence-electron chi connectivity index (χ4n) is 2.30. The molecule has 3 rings (SSSR count). The van der Waals surface area contributed by atoms with E-state index in [1.54, 1.807) is 4.68 Å². The second-order valence-electron chi connectivity index (χ2n) is 5.33. The molecule has 0 spiro atoms. The first-order valence-corrected chi connectivity index (χ1v) is 8.92. The third-order valence-corrected chi connectivity index (χ3v) is 5.57. The molecule has 2 aromatic heterocycles. The zero-order valence-corrected chi connectivity index (χ0v) is 14.1. The predicted octanol–water partition coefficient (Wildman–Crippen LogP) is 0.0685. The number of ether oxygens (including phenoxy) is 1. The first-order chi connectivity index (χ1) is 12.0. The molecule has 0 aliphatic carbocycles. The van der Waals surface area contributed by atoms with Gasteiger partial charge in [0.25, 0.3) is 0 Å². The van der Waals surface area contributed by atoms with Crippen LogP contribution in [0.25, 0.3) is 0 Å². The lowest BCUT2D eigenvalue weighted by Crippen LogP contribution is -2.38. The molecule has 0 saturated heterocycles. The van der Waals surface area contributed by atoms with Gasteiger partial charge in [-0.2, -0.15) is 9.40 Å². The maximum Gasteiger partial charge on any atom is 0.245 e. The van der Waals surface area contributed by atoms with Crippen molar-refractivity contribution in [2.45, 2.75) is 18.0 Å². The van der Waals surface area contributed by atoms with Crippen LogP contribution in [0.15, 0.2) is 41.5 Å². The summed E-state index contributed by atoms with van der Waals surface area (Å²) in [6, 6.07) is 2.82. The van der Waals surface area contributed by atoms with Gasteiger partial charge in [0, 0.05) is 24.7 Å². The van der Waals surface area contributed by atoms with Gasteiger partial charge in [0.05, 0.1) is 25.6 Å². The Labute approximate surface area is 144 Å². The zero-order valence-electron chi connectivity index (χ0n) is 13.2. The highest BCUT2D eigenvalue weighted by Crippen LogP contribution is 2.21. The number of aromatic nitrogens is 4. The lowest BCUT2D eigenvalue weighted by Gasteiger charge is -2.25. The molecule has 0 unspecified atom stereocenters. The van der Waals surface area contributed by atoms with Crippen LogP contribution < -0.4 is 10.5 Å². The van der Waals surface area contributed by atoms with Gasteiger partial charge < -0.3 is 10.5 Å². The number of rotatable bonds is 6. The third-order valence-electron chi connectivity index (χ3n) is 3.74. The van der Waals surface area contributed by atoms with E-state index in [1.807, 2.05) is 0 Å². The standard InChI is InChI=1S/C14H17FN6O3S/c15-5-11(6-16)9-24-14-2-1-12(7-17-14)25(22,23)20-3-4-21-13(8-20)18-10-19-21/h1-2,5,7,10H,3-4,6,8-9,16H2/b11-5-. The van der Waals surface area contributed by atoms with Crippen LogP contribution in [0.4, 0.5) is 4.39 Å². The van der Waals surface area contributed by atoms with Crippen molar-refractivity contribution in [1.29, 1.82) is 0 Å². The Morgan fingerprint density at radius 2 is 2.20 bits per heavy atom. The van der Waals surface area contributed by atoms with Gasteiger partial charge in [-0.15, -0.1) is 0 Å². The van der Waals surface area contributed by atoms with Crippen molar-refractivity contribution in [3.05, 3.63) is 42.4 Å². The van der Waals surface area contributed by atoms with E-state index in [-0.39, 0.29) is 36.0 Å². The van der Waals surface area contributed by atoms with Crippen LogP contribution in [0.5, 0.6) is 5.88 Å². The molecule has 11 heteroatoms. The van der Waals surface area contributed by atoms with E-state index in [0.717, 1.165) is 0 Å². The molecule has 134 valence electrons. The Hall–Kier alpha value is -2.37. The van der Waals surface area contributed by atoms with Crippen molar-refractivity contribution in [3.63, 3.8) is 0 Å². The molecule has 3 heterocycles. The van der Waals surface area contributed by atoms with Gasteiger partial charge in [-0.25, -0.2) is 27.5 Å². The molecule has 0 amide bonds. The molecule has 0 radical (unpaired) electrons. The van der Waals surface area contributed by atoms with Gasteiger partial charge in [0.15, 0.2) is 0 Å². The van der Waals surface area contributed by atoms with Crippen LogP contribution in [0, 0.1) is 0 Å². The molecule has 0 atom stereocenters. The van der Waals surface area contributed by atoms with Crippen LogP contribution >= 0.6 is 0 Å². The maximum atomic E-state index is 12.7. The summed E-state index contributed by atoms with van der Waals surface area (Å²) >= 11 is 0. The molecule has 2 aromatic rings. The number of pyridine rings is 1. The molecular formula is C14H17FN6O3S. The van der Waals surface area contributed by atoms with Gasteiger partial charge in [-0.3, -0.25) is 0 Å². The van der Waals surface area contributed by atoms with Crippen LogP contribution in [0.2, 0.25) is 0 Å². The van der Waals surface area contributed by atoms with Gasteiger partial charge in [-0.05, 0) is 6.07 Å². The molecule has 9 nitrogen and oxygen atoms in total. The summed E-state index contributed by atoms with van der Waals surface area (Å²) in [5.74, 6) is 0.778. The van der Waals surface area contributed by atoms with E-state index in [1.165, 1.54) is 29.0 Å².